The number of nitrogens with zero attached hydrogens (tertiary/aromatic N) is 2. The Morgan fingerprint density at radius 3 is 2.47 bits per heavy atom. The highest BCUT2D eigenvalue weighted by Crippen LogP contribution is 2.16. The summed E-state index contributed by atoms with van der Waals surface area (Å²) in [5, 5.41) is 15.6. The molecule has 0 N–H and O–H groups in total. The van der Waals surface area contributed by atoms with Crippen molar-refractivity contribution in [3.63, 3.8) is 0 Å². The minimum absolute atomic E-state index is 0.148. The predicted octanol–water partition coefficient (Wildman–Crippen LogP) is 2.91. The maximum Gasteiger partial charge on any atom is 0.244 e. The molecule has 1 aromatic rings. The minimum Gasteiger partial charge on any atom is -0.594 e. The van der Waals surface area contributed by atoms with Gasteiger partial charge in [0, 0.05) is 17.2 Å². The maximum atomic E-state index is 11.4. The lowest BCUT2D eigenvalue weighted by Crippen LogP contribution is -2.12. The van der Waals surface area contributed by atoms with E-state index >= 15 is 0 Å². The van der Waals surface area contributed by atoms with Crippen LogP contribution in [0.15, 0.2) is 29.4 Å². The molecule has 0 spiro atoms. The predicted molar refractivity (Wildman–Crippen MR) is 57.3 cm³/mol. The van der Waals surface area contributed by atoms with E-state index in [1.54, 1.807) is 31.2 Å². The molecular formula is C10H11ClN2O2. The first-order valence-electron chi connectivity index (χ1n) is 4.44. The molecule has 0 unspecified atom stereocenters. The second-order valence-electron chi connectivity index (χ2n) is 3.15. The first-order chi connectivity index (χ1) is 7.00. The Bertz CT molecular complexity index is 387. The molecule has 0 amide bonds. The number of carbonyl (C=O) groups excluding carboxylic acids is 1. The first kappa shape index (κ1) is 11.7. The zero-order valence-corrected chi connectivity index (χ0v) is 9.23. The van der Waals surface area contributed by atoms with Crippen LogP contribution in [0.3, 0.4) is 0 Å². The van der Waals surface area contributed by atoms with Gasteiger partial charge in [0.2, 0.25) is 5.69 Å². The van der Waals surface area contributed by atoms with Gasteiger partial charge in [-0.15, -0.1) is 0 Å². The molecule has 0 aromatic heterocycles. The van der Waals surface area contributed by atoms with E-state index in [-0.39, 0.29) is 5.78 Å². The monoisotopic (exact) mass is 226 g/mol. The molecule has 1 atom stereocenters. The third-order valence-electron chi connectivity index (χ3n) is 1.91. The largest absolute Gasteiger partial charge is 0.594 e. The van der Waals surface area contributed by atoms with Crippen LogP contribution in [0.4, 0.5) is 5.69 Å². The van der Waals surface area contributed by atoms with Gasteiger partial charge in [-0.1, -0.05) is 16.5 Å². The SMILES string of the molecule is CC(=O)[C@H](C)N=[N+]([O-])c1ccc(Cl)cc1. The summed E-state index contributed by atoms with van der Waals surface area (Å²) in [5.41, 5.74) is 0.354. The number of rotatable bonds is 3. The first-order valence-corrected chi connectivity index (χ1v) is 4.82. The summed E-state index contributed by atoms with van der Waals surface area (Å²) in [6, 6.07) is 5.65. The van der Waals surface area contributed by atoms with Crippen molar-refractivity contribution in [3.05, 3.63) is 34.5 Å². The summed E-state index contributed by atoms with van der Waals surface area (Å²) in [5.74, 6) is -0.148. The molecular weight excluding hydrogens is 216 g/mol. The molecule has 0 radical (unpaired) electrons. The van der Waals surface area contributed by atoms with Crippen LogP contribution < -0.4 is 0 Å². The Morgan fingerprint density at radius 2 is 2.00 bits per heavy atom. The normalized spacial score (nSPS) is 13.7. The number of carbonyl (C=O) groups is 1. The van der Waals surface area contributed by atoms with Crippen molar-refractivity contribution in [2.45, 2.75) is 19.9 Å². The molecule has 1 aromatic carbocycles. The maximum absolute atomic E-state index is 11.4. The van der Waals surface area contributed by atoms with Gasteiger partial charge >= 0.3 is 0 Å². The molecule has 80 valence electrons. The number of ketones is 1. The number of benzene rings is 1. The molecule has 0 saturated carbocycles. The van der Waals surface area contributed by atoms with Gasteiger partial charge in [-0.05, 0) is 31.1 Å². The fourth-order valence-corrected chi connectivity index (χ4v) is 1.000. The molecule has 0 heterocycles. The van der Waals surface area contributed by atoms with Gasteiger partial charge in [-0.2, -0.15) is 0 Å². The van der Waals surface area contributed by atoms with Crippen molar-refractivity contribution in [2.24, 2.45) is 5.11 Å². The van der Waals surface area contributed by atoms with Gasteiger partial charge in [-0.3, -0.25) is 4.79 Å². The van der Waals surface area contributed by atoms with Crippen LogP contribution in [-0.2, 0) is 4.79 Å². The van der Waals surface area contributed by atoms with Gasteiger partial charge < -0.3 is 5.21 Å². The Balaban J connectivity index is 2.89. The van der Waals surface area contributed by atoms with Crippen LogP contribution in [0.5, 0.6) is 0 Å². The molecule has 0 aliphatic heterocycles. The lowest BCUT2D eigenvalue weighted by atomic mass is 10.3. The van der Waals surface area contributed by atoms with Crippen LogP contribution in [0, 0.1) is 5.21 Å². The number of Topliss-reactive ketones (excluding diaryl/α,β-unsaturated/α-hetero) is 1. The van der Waals surface area contributed by atoms with E-state index < -0.39 is 6.04 Å². The second kappa shape index (κ2) is 4.89. The molecule has 0 aliphatic carbocycles. The Labute approximate surface area is 92.8 Å². The van der Waals surface area contributed by atoms with Crippen molar-refractivity contribution >= 4 is 23.1 Å². The number of halogens is 1. The number of hydrogen-bond donors (Lipinski definition) is 0. The van der Waals surface area contributed by atoms with Crippen LogP contribution in [0.1, 0.15) is 13.8 Å². The molecule has 0 aliphatic rings. The average molecular weight is 227 g/mol. The van der Waals surface area contributed by atoms with Crippen molar-refractivity contribution in [1.29, 1.82) is 0 Å². The van der Waals surface area contributed by atoms with Crippen molar-refractivity contribution in [2.75, 3.05) is 0 Å². The molecule has 4 nitrogen and oxygen atoms in total. The molecule has 0 bridgehead atoms. The van der Waals surface area contributed by atoms with Crippen molar-refractivity contribution in [3.8, 4) is 0 Å². The van der Waals surface area contributed by atoms with Gasteiger partial charge in [0.05, 0.1) is 0 Å². The van der Waals surface area contributed by atoms with E-state index in [1.165, 1.54) is 6.92 Å². The number of hydrogen-bond acceptors (Lipinski definition) is 3. The average Bonchev–Trinajstić information content (AvgIpc) is 2.18. The topological polar surface area (TPSA) is 55.5 Å². The fraction of sp³-hybridized carbons (Fsp3) is 0.300. The lowest BCUT2D eigenvalue weighted by molar-refractivity contribution is -0.444. The zero-order chi connectivity index (χ0) is 11.4. The summed E-state index contributed by atoms with van der Waals surface area (Å²) in [6.45, 7) is 2.97. The quantitative estimate of drug-likeness (QED) is 0.452. The molecule has 15 heavy (non-hydrogen) atoms. The molecule has 5 heteroatoms. The van der Waals surface area contributed by atoms with Gasteiger partial charge in [0.1, 0.15) is 0 Å². The van der Waals surface area contributed by atoms with Crippen LogP contribution in [0.2, 0.25) is 5.02 Å². The standard InChI is InChI=1S/C10H11ClN2O2/c1-7(8(2)14)12-13(15)10-5-3-9(11)4-6-10/h3-7H,1-2H3/t7-/m0/s1. The highest BCUT2D eigenvalue weighted by molar-refractivity contribution is 6.30. The Morgan fingerprint density at radius 1 is 1.47 bits per heavy atom. The number of azo groups is 1. The lowest BCUT2D eigenvalue weighted by Gasteiger charge is -2.02. The molecule has 1 rings (SSSR count). The van der Waals surface area contributed by atoms with E-state index in [1.807, 2.05) is 0 Å². The summed E-state index contributed by atoms with van der Waals surface area (Å²) >= 11 is 5.67. The zero-order valence-electron chi connectivity index (χ0n) is 8.48. The fourth-order valence-electron chi connectivity index (χ4n) is 0.874. The van der Waals surface area contributed by atoms with E-state index in [0.717, 1.165) is 0 Å². The highest BCUT2D eigenvalue weighted by atomic mass is 35.5. The van der Waals surface area contributed by atoms with E-state index in [4.69, 9.17) is 11.6 Å². The van der Waals surface area contributed by atoms with E-state index in [9.17, 15) is 10.0 Å². The van der Waals surface area contributed by atoms with Gasteiger partial charge in [-0.25, -0.2) is 0 Å². The Hall–Kier alpha value is -1.42. The molecule has 0 saturated heterocycles. The summed E-state index contributed by atoms with van der Waals surface area (Å²) in [7, 11) is 0. The Kier molecular flexibility index (Phi) is 3.80. The van der Waals surface area contributed by atoms with Crippen molar-refractivity contribution in [1.82, 2.24) is 0 Å². The van der Waals surface area contributed by atoms with Gasteiger partial charge in [0.15, 0.2) is 11.8 Å². The molecule has 0 fully saturated rings. The van der Waals surface area contributed by atoms with Crippen LogP contribution in [-0.4, -0.2) is 16.7 Å². The van der Waals surface area contributed by atoms with Crippen molar-refractivity contribution < 1.29 is 9.66 Å². The van der Waals surface area contributed by atoms with Crippen LogP contribution >= 0.6 is 11.6 Å². The van der Waals surface area contributed by atoms with E-state index in [0.29, 0.717) is 15.6 Å². The van der Waals surface area contributed by atoms with Gasteiger partial charge in [0.25, 0.3) is 0 Å². The minimum atomic E-state index is -0.627. The van der Waals surface area contributed by atoms with E-state index in [2.05, 4.69) is 5.11 Å². The smallest absolute Gasteiger partial charge is 0.244 e. The third kappa shape index (κ3) is 3.32. The van der Waals surface area contributed by atoms with Crippen LogP contribution in [0.25, 0.3) is 0 Å². The second-order valence-corrected chi connectivity index (χ2v) is 3.59. The summed E-state index contributed by atoms with van der Waals surface area (Å²) in [6.07, 6.45) is 0. The summed E-state index contributed by atoms with van der Waals surface area (Å²) < 4.78 is 0. The summed E-state index contributed by atoms with van der Waals surface area (Å²) in [4.78, 5) is 11.3. The highest BCUT2D eigenvalue weighted by Gasteiger charge is 2.11. The third-order valence-corrected chi connectivity index (χ3v) is 2.17.